The Balaban J connectivity index is 1.56. The van der Waals surface area contributed by atoms with Gasteiger partial charge in [-0.1, -0.05) is 5.16 Å². The van der Waals surface area contributed by atoms with E-state index in [2.05, 4.69) is 25.6 Å². The smallest absolute Gasteiger partial charge is 0.258 e. The number of hydrogen-bond donors (Lipinski definition) is 0. The highest BCUT2D eigenvalue weighted by atomic mass is 16.5. The molecular weight excluding hydrogens is 366 g/mol. The average molecular weight is 387 g/mol. The molecule has 148 valence electrons. The number of amides is 1. The molecule has 3 aromatic heterocycles. The summed E-state index contributed by atoms with van der Waals surface area (Å²) in [4.78, 5) is 20.7. The van der Waals surface area contributed by atoms with Gasteiger partial charge in [0.25, 0.3) is 11.6 Å². The van der Waals surface area contributed by atoms with Crippen LogP contribution in [-0.4, -0.2) is 74.6 Å². The molecule has 0 aliphatic carbocycles. The fraction of sp³-hybridized carbons (Fsp3) is 0.529. The fourth-order valence-electron chi connectivity index (χ4n) is 3.20. The summed E-state index contributed by atoms with van der Waals surface area (Å²) in [6, 6.07) is 1.76. The van der Waals surface area contributed by atoms with Gasteiger partial charge >= 0.3 is 0 Å². The number of fused-ring (bicyclic) bond motifs is 1. The normalized spacial score (nSPS) is 17.4. The molecule has 0 spiro atoms. The van der Waals surface area contributed by atoms with Crippen LogP contribution in [0.4, 0.5) is 0 Å². The van der Waals surface area contributed by atoms with Crippen LogP contribution < -0.4 is 0 Å². The van der Waals surface area contributed by atoms with Crippen LogP contribution in [0.5, 0.6) is 0 Å². The summed E-state index contributed by atoms with van der Waals surface area (Å²) in [6.45, 7) is 5.80. The number of rotatable bonds is 5. The highest BCUT2D eigenvalue weighted by Gasteiger charge is 2.30. The largest absolute Gasteiger partial charge is 0.383 e. The van der Waals surface area contributed by atoms with E-state index in [1.807, 2.05) is 6.92 Å². The van der Waals surface area contributed by atoms with E-state index in [0.29, 0.717) is 66.7 Å². The van der Waals surface area contributed by atoms with Gasteiger partial charge in [0.15, 0.2) is 0 Å². The Hall–Kier alpha value is -2.92. The lowest BCUT2D eigenvalue weighted by atomic mass is 10.1. The summed E-state index contributed by atoms with van der Waals surface area (Å²) in [7, 11) is 1.61. The summed E-state index contributed by atoms with van der Waals surface area (Å²) in [6.07, 6.45) is -0.434. The summed E-state index contributed by atoms with van der Waals surface area (Å²) >= 11 is 0. The molecule has 0 aromatic carbocycles. The standard InChI is InChI=1S/C17H21N7O4/c1-10-8-12(14-11(2)21-28-16(14)18-10)17(25)23-4-7-27-13(9-23)15-19-22-24(20-15)5-6-26-3/h8,13H,4-7,9H2,1-3H3. The van der Waals surface area contributed by atoms with Crippen LogP contribution in [0, 0.1) is 13.8 Å². The highest BCUT2D eigenvalue weighted by Crippen LogP contribution is 2.26. The van der Waals surface area contributed by atoms with Gasteiger partial charge in [-0.2, -0.15) is 4.80 Å². The third-order valence-electron chi connectivity index (χ3n) is 4.58. The van der Waals surface area contributed by atoms with Crippen LogP contribution in [-0.2, 0) is 16.0 Å². The molecule has 11 heteroatoms. The van der Waals surface area contributed by atoms with Crippen LogP contribution in [0.25, 0.3) is 11.1 Å². The van der Waals surface area contributed by atoms with Crippen LogP contribution in [0.2, 0.25) is 0 Å². The van der Waals surface area contributed by atoms with Gasteiger partial charge in [-0.3, -0.25) is 4.79 Å². The fourth-order valence-corrected chi connectivity index (χ4v) is 3.20. The van der Waals surface area contributed by atoms with E-state index < -0.39 is 6.10 Å². The molecule has 1 fully saturated rings. The third kappa shape index (κ3) is 3.45. The topological polar surface area (TPSA) is 121 Å². The molecule has 1 atom stereocenters. The molecule has 0 radical (unpaired) electrons. The number of nitrogens with zero attached hydrogens (tertiary/aromatic N) is 7. The van der Waals surface area contributed by atoms with Crippen molar-refractivity contribution in [1.29, 1.82) is 0 Å². The van der Waals surface area contributed by atoms with E-state index in [1.165, 1.54) is 4.80 Å². The Morgan fingerprint density at radius 3 is 3.07 bits per heavy atom. The number of methoxy groups -OCH3 is 1. The van der Waals surface area contributed by atoms with Crippen LogP contribution in [0.1, 0.15) is 33.7 Å². The third-order valence-corrected chi connectivity index (χ3v) is 4.58. The Labute approximate surface area is 160 Å². The zero-order chi connectivity index (χ0) is 19.7. The number of carbonyl (C=O) groups excluding carboxylic acids is 1. The predicted octanol–water partition coefficient (Wildman–Crippen LogP) is 0.686. The molecule has 3 aromatic rings. The van der Waals surface area contributed by atoms with Crippen molar-refractivity contribution in [3.05, 3.63) is 28.8 Å². The SMILES string of the molecule is COCCn1nnc(C2CN(C(=O)c3cc(C)nc4onc(C)c34)CCO2)n1. The van der Waals surface area contributed by atoms with Crippen molar-refractivity contribution in [3.63, 3.8) is 0 Å². The minimum atomic E-state index is -0.434. The summed E-state index contributed by atoms with van der Waals surface area (Å²) < 4.78 is 16.0. The number of morpholine rings is 1. The molecule has 0 saturated carbocycles. The van der Waals surface area contributed by atoms with E-state index in [4.69, 9.17) is 14.0 Å². The van der Waals surface area contributed by atoms with Gasteiger partial charge < -0.3 is 18.9 Å². The van der Waals surface area contributed by atoms with Crippen LogP contribution >= 0.6 is 0 Å². The second-order valence-electron chi connectivity index (χ2n) is 6.61. The van der Waals surface area contributed by atoms with Crippen molar-refractivity contribution >= 4 is 17.0 Å². The first-order chi connectivity index (χ1) is 13.6. The van der Waals surface area contributed by atoms with E-state index in [9.17, 15) is 4.79 Å². The molecule has 1 amide bonds. The Morgan fingerprint density at radius 2 is 2.25 bits per heavy atom. The lowest BCUT2D eigenvalue weighted by Crippen LogP contribution is -2.42. The molecule has 1 saturated heterocycles. The van der Waals surface area contributed by atoms with Gasteiger partial charge in [0.1, 0.15) is 6.10 Å². The lowest BCUT2D eigenvalue weighted by molar-refractivity contribution is -0.0269. The van der Waals surface area contributed by atoms with Crippen molar-refractivity contribution in [2.24, 2.45) is 0 Å². The second kappa shape index (κ2) is 7.60. The molecule has 28 heavy (non-hydrogen) atoms. The number of aromatic nitrogens is 6. The van der Waals surface area contributed by atoms with Crippen molar-refractivity contribution in [2.75, 3.05) is 33.4 Å². The van der Waals surface area contributed by atoms with Gasteiger partial charge in [0.2, 0.25) is 5.82 Å². The number of ether oxygens (including phenoxy) is 2. The zero-order valence-corrected chi connectivity index (χ0v) is 16.0. The summed E-state index contributed by atoms with van der Waals surface area (Å²) in [5.74, 6) is 0.327. The zero-order valence-electron chi connectivity index (χ0n) is 16.0. The molecule has 1 aliphatic heterocycles. The highest BCUT2D eigenvalue weighted by molar-refractivity contribution is 6.06. The number of tetrazole rings is 1. The molecule has 1 aliphatic rings. The van der Waals surface area contributed by atoms with E-state index in [0.717, 1.165) is 0 Å². The Kier molecular flexibility index (Phi) is 5.01. The van der Waals surface area contributed by atoms with Gasteiger partial charge in [-0.15, -0.1) is 10.2 Å². The number of carbonyl (C=O) groups is 1. The van der Waals surface area contributed by atoms with Gasteiger partial charge in [0.05, 0.1) is 42.9 Å². The maximum atomic E-state index is 13.2. The number of hydrogen-bond acceptors (Lipinski definition) is 9. The maximum absolute atomic E-state index is 13.2. The number of pyridine rings is 1. The molecule has 4 rings (SSSR count). The summed E-state index contributed by atoms with van der Waals surface area (Å²) in [5.41, 5.74) is 2.23. The Bertz CT molecular complexity index is 999. The summed E-state index contributed by atoms with van der Waals surface area (Å²) in [5, 5.41) is 17.0. The monoisotopic (exact) mass is 387 g/mol. The average Bonchev–Trinajstić information content (AvgIpc) is 3.32. The van der Waals surface area contributed by atoms with Crippen molar-refractivity contribution < 1.29 is 18.8 Å². The molecule has 1 unspecified atom stereocenters. The first-order valence-electron chi connectivity index (χ1n) is 8.98. The maximum Gasteiger partial charge on any atom is 0.258 e. The van der Waals surface area contributed by atoms with Gasteiger partial charge in [-0.05, 0) is 25.1 Å². The first kappa shape index (κ1) is 18.4. The van der Waals surface area contributed by atoms with Crippen LogP contribution in [0.3, 0.4) is 0 Å². The van der Waals surface area contributed by atoms with Gasteiger partial charge in [0, 0.05) is 19.3 Å². The quantitative estimate of drug-likeness (QED) is 0.622. The first-order valence-corrected chi connectivity index (χ1v) is 8.98. The van der Waals surface area contributed by atoms with Crippen molar-refractivity contribution in [1.82, 2.24) is 35.2 Å². The van der Waals surface area contributed by atoms with Gasteiger partial charge in [-0.25, -0.2) is 4.98 Å². The van der Waals surface area contributed by atoms with E-state index >= 15 is 0 Å². The van der Waals surface area contributed by atoms with Crippen LogP contribution in [0.15, 0.2) is 10.6 Å². The number of aryl methyl sites for hydroxylation is 2. The van der Waals surface area contributed by atoms with Crippen molar-refractivity contribution in [3.8, 4) is 0 Å². The van der Waals surface area contributed by atoms with E-state index in [-0.39, 0.29) is 5.91 Å². The molecular formula is C17H21N7O4. The minimum absolute atomic E-state index is 0.123. The molecule has 0 N–H and O–H groups in total. The Morgan fingerprint density at radius 1 is 1.39 bits per heavy atom. The van der Waals surface area contributed by atoms with Crippen molar-refractivity contribution in [2.45, 2.75) is 26.5 Å². The minimum Gasteiger partial charge on any atom is -0.383 e. The predicted molar refractivity (Wildman–Crippen MR) is 95.6 cm³/mol. The molecule has 11 nitrogen and oxygen atoms in total. The lowest BCUT2D eigenvalue weighted by Gasteiger charge is -2.31. The second-order valence-corrected chi connectivity index (χ2v) is 6.61. The molecule has 4 heterocycles. The molecule has 0 bridgehead atoms. The van der Waals surface area contributed by atoms with E-state index in [1.54, 1.807) is 25.0 Å².